The summed E-state index contributed by atoms with van der Waals surface area (Å²) in [5.41, 5.74) is 3.37. The lowest BCUT2D eigenvalue weighted by atomic mass is 10.0. The third-order valence-electron chi connectivity index (χ3n) is 2.94. The highest BCUT2D eigenvalue weighted by atomic mass is 16.5. The first-order valence-corrected chi connectivity index (χ1v) is 5.79. The number of nitrogens with zero attached hydrogens (tertiary/aromatic N) is 2. The van der Waals surface area contributed by atoms with E-state index in [-0.39, 0.29) is 0 Å². The van der Waals surface area contributed by atoms with Crippen LogP contribution >= 0.6 is 0 Å². The van der Waals surface area contributed by atoms with E-state index in [1.54, 1.807) is 20.2 Å². The number of rotatable bonds is 4. The van der Waals surface area contributed by atoms with Gasteiger partial charge in [0, 0.05) is 13.6 Å². The van der Waals surface area contributed by atoms with Gasteiger partial charge in [-0.2, -0.15) is 5.26 Å². The number of carbonyl (C=O) groups is 1. The molecule has 0 fully saturated rings. The summed E-state index contributed by atoms with van der Waals surface area (Å²) >= 11 is 0. The smallest absolute Gasteiger partial charge is 0.324 e. The van der Waals surface area contributed by atoms with Crippen LogP contribution in [0.25, 0.3) is 0 Å². The van der Waals surface area contributed by atoms with E-state index >= 15 is 0 Å². The molecule has 1 aromatic carbocycles. The normalized spacial score (nSPS) is 9.72. The molecule has 0 N–H and O–H groups in total. The van der Waals surface area contributed by atoms with Crippen molar-refractivity contribution in [2.24, 2.45) is 0 Å². The summed E-state index contributed by atoms with van der Waals surface area (Å²) in [6.07, 6.45) is 0.680. The Bertz CT molecular complexity index is 489. The van der Waals surface area contributed by atoms with Gasteiger partial charge >= 0.3 is 5.91 Å². The van der Waals surface area contributed by atoms with Gasteiger partial charge in [0.1, 0.15) is 5.75 Å². The number of aryl methyl sites for hydroxylation is 2. The molecule has 1 rings (SSSR count). The van der Waals surface area contributed by atoms with Crippen LogP contribution < -0.4 is 4.74 Å². The minimum absolute atomic E-state index is 0.507. The fourth-order valence-corrected chi connectivity index (χ4v) is 1.93. The molecule has 0 spiro atoms. The van der Waals surface area contributed by atoms with Crippen molar-refractivity contribution < 1.29 is 9.53 Å². The fraction of sp³-hybridized carbons (Fsp3) is 0.429. The molecule has 0 saturated carbocycles. The number of benzene rings is 1. The number of likely N-dealkylation sites (N-methyl/N-ethyl adjacent to an activating group) is 1. The average Bonchev–Trinajstić information content (AvgIpc) is 2.35. The number of hydrogen-bond acceptors (Lipinski definition) is 3. The van der Waals surface area contributed by atoms with Crippen molar-refractivity contribution in [3.8, 4) is 11.8 Å². The third kappa shape index (κ3) is 3.24. The molecule has 18 heavy (non-hydrogen) atoms. The van der Waals surface area contributed by atoms with Crippen LogP contribution in [0, 0.1) is 25.2 Å². The summed E-state index contributed by atoms with van der Waals surface area (Å²) in [7, 11) is 3.27. The lowest BCUT2D eigenvalue weighted by Crippen LogP contribution is -2.27. The van der Waals surface area contributed by atoms with Crippen molar-refractivity contribution in [1.29, 1.82) is 5.26 Å². The summed E-state index contributed by atoms with van der Waals surface area (Å²) < 4.78 is 5.36. The second-order valence-electron chi connectivity index (χ2n) is 4.35. The molecule has 0 aliphatic carbocycles. The van der Waals surface area contributed by atoms with Gasteiger partial charge in [-0.25, -0.2) is 0 Å². The molecule has 0 heterocycles. The number of hydrogen-bond donors (Lipinski definition) is 0. The van der Waals surface area contributed by atoms with E-state index in [4.69, 9.17) is 10.00 Å². The lowest BCUT2D eigenvalue weighted by Gasteiger charge is -2.17. The Kier molecular flexibility index (Phi) is 4.73. The van der Waals surface area contributed by atoms with Crippen molar-refractivity contribution >= 4 is 5.91 Å². The average molecular weight is 246 g/mol. The Hall–Kier alpha value is -2.02. The number of carbonyl (C=O) groups excluding carboxylic acids is 1. The van der Waals surface area contributed by atoms with E-state index < -0.39 is 5.91 Å². The minimum atomic E-state index is -0.515. The predicted molar refractivity (Wildman–Crippen MR) is 69.4 cm³/mol. The van der Waals surface area contributed by atoms with E-state index in [1.165, 1.54) is 4.90 Å². The first-order valence-electron chi connectivity index (χ1n) is 5.79. The van der Waals surface area contributed by atoms with E-state index in [0.29, 0.717) is 13.0 Å². The molecular formula is C14H18N2O2. The molecule has 0 atom stereocenters. The largest absolute Gasteiger partial charge is 0.496 e. The van der Waals surface area contributed by atoms with Crippen LogP contribution in [0.15, 0.2) is 12.1 Å². The van der Waals surface area contributed by atoms with Gasteiger partial charge in [-0.15, -0.1) is 0 Å². The Morgan fingerprint density at radius 3 is 2.67 bits per heavy atom. The van der Waals surface area contributed by atoms with Gasteiger partial charge in [-0.05, 0) is 43.0 Å². The zero-order valence-electron chi connectivity index (χ0n) is 11.3. The van der Waals surface area contributed by atoms with Gasteiger partial charge in [0.2, 0.25) is 0 Å². The third-order valence-corrected chi connectivity index (χ3v) is 2.94. The van der Waals surface area contributed by atoms with Crippen LogP contribution in [0.1, 0.15) is 16.7 Å². The molecule has 0 aliphatic rings. The monoisotopic (exact) mass is 246 g/mol. The number of methoxy groups -OCH3 is 1. The van der Waals surface area contributed by atoms with E-state index in [1.807, 2.05) is 19.9 Å². The topological polar surface area (TPSA) is 53.3 Å². The molecule has 0 saturated heterocycles. The van der Waals surface area contributed by atoms with Crippen LogP contribution in [-0.4, -0.2) is 31.5 Å². The first-order chi connectivity index (χ1) is 8.49. The molecule has 1 aromatic rings. The second-order valence-corrected chi connectivity index (χ2v) is 4.35. The summed E-state index contributed by atoms with van der Waals surface area (Å²) in [5.74, 6) is 0.323. The standard InChI is InChI=1S/C14H18N2O2/c1-10-7-11(2)12(13(8-10)18-4)5-6-16(3)14(17)9-15/h7-8H,5-6H2,1-4H3. The van der Waals surface area contributed by atoms with Gasteiger partial charge in [-0.1, -0.05) is 6.07 Å². The number of amides is 1. The second kappa shape index (κ2) is 6.06. The van der Waals surface area contributed by atoms with Crippen LogP contribution in [0.3, 0.4) is 0 Å². The Balaban J connectivity index is 2.85. The summed E-state index contributed by atoms with van der Waals surface area (Å²) in [5, 5.41) is 8.53. The van der Waals surface area contributed by atoms with E-state index in [2.05, 4.69) is 6.07 Å². The molecule has 0 unspecified atom stereocenters. The lowest BCUT2D eigenvalue weighted by molar-refractivity contribution is -0.124. The molecule has 1 amide bonds. The van der Waals surface area contributed by atoms with Crippen molar-refractivity contribution in [2.75, 3.05) is 20.7 Å². The van der Waals surface area contributed by atoms with Gasteiger partial charge < -0.3 is 9.64 Å². The Morgan fingerprint density at radius 1 is 1.44 bits per heavy atom. The van der Waals surface area contributed by atoms with Crippen LogP contribution in [-0.2, 0) is 11.2 Å². The van der Waals surface area contributed by atoms with E-state index in [9.17, 15) is 4.79 Å². The highest BCUT2D eigenvalue weighted by molar-refractivity contribution is 5.90. The SMILES string of the molecule is COc1cc(C)cc(C)c1CCN(C)C(=O)C#N. The summed E-state index contributed by atoms with van der Waals surface area (Å²) in [6, 6.07) is 5.68. The highest BCUT2D eigenvalue weighted by Gasteiger charge is 2.11. The minimum Gasteiger partial charge on any atom is -0.496 e. The van der Waals surface area contributed by atoms with Crippen LogP contribution in [0.5, 0.6) is 5.75 Å². The molecule has 96 valence electrons. The van der Waals surface area contributed by atoms with Gasteiger partial charge in [-0.3, -0.25) is 4.79 Å². The molecule has 0 bridgehead atoms. The number of ether oxygens (including phenoxy) is 1. The maximum atomic E-state index is 11.2. The molecule has 4 nitrogen and oxygen atoms in total. The highest BCUT2D eigenvalue weighted by Crippen LogP contribution is 2.24. The zero-order chi connectivity index (χ0) is 13.7. The van der Waals surface area contributed by atoms with E-state index in [0.717, 1.165) is 22.4 Å². The van der Waals surface area contributed by atoms with Crippen LogP contribution in [0.4, 0.5) is 0 Å². The Labute approximate surface area is 108 Å². The van der Waals surface area contributed by atoms with Crippen molar-refractivity contribution in [3.63, 3.8) is 0 Å². The summed E-state index contributed by atoms with van der Waals surface area (Å²) in [6.45, 7) is 4.55. The quantitative estimate of drug-likeness (QED) is 0.762. The van der Waals surface area contributed by atoms with Gasteiger partial charge in [0.25, 0.3) is 0 Å². The number of nitriles is 1. The molecule has 0 aliphatic heterocycles. The molecule has 4 heteroatoms. The fourth-order valence-electron chi connectivity index (χ4n) is 1.93. The maximum Gasteiger partial charge on any atom is 0.324 e. The first kappa shape index (κ1) is 14.0. The van der Waals surface area contributed by atoms with Crippen molar-refractivity contribution in [3.05, 3.63) is 28.8 Å². The van der Waals surface area contributed by atoms with Gasteiger partial charge in [0.05, 0.1) is 7.11 Å². The Morgan fingerprint density at radius 2 is 2.11 bits per heavy atom. The summed E-state index contributed by atoms with van der Waals surface area (Å²) in [4.78, 5) is 12.6. The van der Waals surface area contributed by atoms with Gasteiger partial charge in [0.15, 0.2) is 6.07 Å². The maximum absolute atomic E-state index is 11.2. The molecule has 0 aromatic heterocycles. The molecular weight excluding hydrogens is 228 g/mol. The van der Waals surface area contributed by atoms with Crippen LogP contribution in [0.2, 0.25) is 0 Å². The zero-order valence-corrected chi connectivity index (χ0v) is 11.3. The van der Waals surface area contributed by atoms with Crippen molar-refractivity contribution in [1.82, 2.24) is 4.90 Å². The predicted octanol–water partition coefficient (Wildman–Crippen LogP) is 1.84. The van der Waals surface area contributed by atoms with Crippen molar-refractivity contribution in [2.45, 2.75) is 20.3 Å². The molecule has 0 radical (unpaired) electrons.